The zero-order valence-corrected chi connectivity index (χ0v) is 6.87. The molecule has 68 valence electrons. The van der Waals surface area contributed by atoms with Crippen molar-refractivity contribution >= 4 is 11.8 Å². The first-order chi connectivity index (χ1) is 5.54. The van der Waals surface area contributed by atoms with E-state index in [4.69, 9.17) is 0 Å². The minimum Gasteiger partial charge on any atom is -0.328 e. The molecule has 0 N–H and O–H groups in total. The first-order valence-electron chi connectivity index (χ1n) is 3.07. The Morgan fingerprint density at radius 3 is 2.58 bits per heavy atom. The van der Waals surface area contributed by atoms with Crippen molar-refractivity contribution in [1.29, 1.82) is 0 Å². The number of hydrogen-bond donors (Lipinski definition) is 0. The van der Waals surface area contributed by atoms with Gasteiger partial charge in [-0.05, 0) is 10.9 Å². The fourth-order valence-electron chi connectivity index (χ4n) is 0.513. The molecule has 0 radical (unpaired) electrons. The van der Waals surface area contributed by atoms with Crippen LogP contribution in [0.4, 0.5) is 13.2 Å². The van der Waals surface area contributed by atoms with Crippen molar-refractivity contribution < 1.29 is 17.7 Å². The summed E-state index contributed by atoms with van der Waals surface area (Å²) in [6.45, 7) is 1.79. The Labute approximate surface area is 70.3 Å². The molecule has 0 aliphatic heterocycles. The first kappa shape index (κ1) is 9.37. The van der Waals surface area contributed by atoms with E-state index in [0.29, 0.717) is 5.75 Å². The number of thioether (sulfide) groups is 1. The maximum Gasteiger partial charge on any atom is 0.471 e. The summed E-state index contributed by atoms with van der Waals surface area (Å²) < 4.78 is 39.5. The van der Waals surface area contributed by atoms with E-state index in [9.17, 15) is 13.2 Å². The Hall–Kier alpha value is -0.720. The molecule has 1 rings (SSSR count). The van der Waals surface area contributed by atoms with Gasteiger partial charge in [0.15, 0.2) is 0 Å². The third kappa shape index (κ3) is 2.13. The van der Waals surface area contributed by atoms with Gasteiger partial charge in [0.2, 0.25) is 5.16 Å². The van der Waals surface area contributed by atoms with Crippen LogP contribution in [0.1, 0.15) is 12.8 Å². The Morgan fingerprint density at radius 1 is 1.50 bits per heavy atom. The minimum absolute atomic E-state index is 0.0184. The summed E-state index contributed by atoms with van der Waals surface area (Å²) >= 11 is 1.10. The SMILES string of the molecule is CCSc1noc(C(F)(F)F)n1. The highest BCUT2D eigenvalue weighted by Gasteiger charge is 2.38. The number of hydrogen-bond acceptors (Lipinski definition) is 4. The molecule has 1 heterocycles. The molecule has 1 aromatic heterocycles. The Bertz CT molecular complexity index is 259. The lowest BCUT2D eigenvalue weighted by atomic mass is 10.7. The largest absolute Gasteiger partial charge is 0.471 e. The van der Waals surface area contributed by atoms with Gasteiger partial charge in [0.1, 0.15) is 0 Å². The van der Waals surface area contributed by atoms with Crippen molar-refractivity contribution in [2.45, 2.75) is 18.3 Å². The molecule has 0 saturated carbocycles. The molecule has 0 aromatic carbocycles. The normalized spacial score (nSPS) is 12.0. The summed E-state index contributed by atoms with van der Waals surface area (Å²) in [6.07, 6.45) is -4.54. The molecule has 0 saturated heterocycles. The van der Waals surface area contributed by atoms with Crippen molar-refractivity contribution in [2.75, 3.05) is 5.75 Å². The van der Waals surface area contributed by atoms with Gasteiger partial charge < -0.3 is 4.52 Å². The van der Waals surface area contributed by atoms with Gasteiger partial charge in [-0.3, -0.25) is 0 Å². The van der Waals surface area contributed by atoms with Crippen molar-refractivity contribution in [1.82, 2.24) is 10.1 Å². The molecule has 0 aliphatic carbocycles. The Balaban J connectivity index is 2.77. The highest BCUT2D eigenvalue weighted by atomic mass is 32.2. The molecule has 1 aromatic rings. The van der Waals surface area contributed by atoms with Gasteiger partial charge in [-0.25, -0.2) is 0 Å². The summed E-state index contributed by atoms with van der Waals surface area (Å²) in [6, 6.07) is 0. The first-order valence-corrected chi connectivity index (χ1v) is 4.06. The lowest BCUT2D eigenvalue weighted by Crippen LogP contribution is -2.04. The summed E-state index contributed by atoms with van der Waals surface area (Å²) in [5.74, 6) is -0.685. The monoisotopic (exact) mass is 198 g/mol. The van der Waals surface area contributed by atoms with E-state index < -0.39 is 12.1 Å². The van der Waals surface area contributed by atoms with E-state index in [1.807, 2.05) is 0 Å². The van der Waals surface area contributed by atoms with Gasteiger partial charge in [0, 0.05) is 0 Å². The van der Waals surface area contributed by atoms with Crippen LogP contribution in [0.5, 0.6) is 0 Å². The zero-order valence-electron chi connectivity index (χ0n) is 6.05. The molecule has 0 spiro atoms. The third-order valence-electron chi connectivity index (χ3n) is 0.923. The van der Waals surface area contributed by atoms with E-state index in [1.165, 1.54) is 0 Å². The van der Waals surface area contributed by atoms with Crippen molar-refractivity contribution in [3.8, 4) is 0 Å². The smallest absolute Gasteiger partial charge is 0.328 e. The molecule has 0 unspecified atom stereocenters. The fraction of sp³-hybridized carbons (Fsp3) is 0.600. The zero-order chi connectivity index (χ0) is 9.19. The summed E-state index contributed by atoms with van der Waals surface area (Å²) in [5.41, 5.74) is 0. The van der Waals surface area contributed by atoms with Gasteiger partial charge in [-0.2, -0.15) is 18.2 Å². The Kier molecular flexibility index (Phi) is 2.61. The predicted octanol–water partition coefficient (Wildman–Crippen LogP) is 2.20. The summed E-state index contributed by atoms with van der Waals surface area (Å²) in [5, 5.41) is 3.15. The van der Waals surface area contributed by atoms with E-state index >= 15 is 0 Å². The Morgan fingerprint density at radius 2 is 2.17 bits per heavy atom. The number of halogens is 3. The third-order valence-corrected chi connectivity index (χ3v) is 1.64. The highest BCUT2D eigenvalue weighted by molar-refractivity contribution is 7.99. The van der Waals surface area contributed by atoms with Crippen LogP contribution >= 0.6 is 11.8 Å². The maximum absolute atomic E-state index is 11.8. The van der Waals surface area contributed by atoms with Gasteiger partial charge in [0.05, 0.1) is 0 Å². The van der Waals surface area contributed by atoms with Crippen LogP contribution in [0, 0.1) is 0 Å². The summed E-state index contributed by atoms with van der Waals surface area (Å²) in [7, 11) is 0. The van der Waals surface area contributed by atoms with E-state index in [-0.39, 0.29) is 5.16 Å². The molecule has 7 heteroatoms. The quantitative estimate of drug-likeness (QED) is 0.683. The maximum atomic E-state index is 11.8. The number of rotatable bonds is 2. The second-order valence-corrected chi connectivity index (χ2v) is 3.04. The topological polar surface area (TPSA) is 38.9 Å². The van der Waals surface area contributed by atoms with Crippen LogP contribution in [0.15, 0.2) is 9.68 Å². The molecule has 0 amide bonds. The van der Waals surface area contributed by atoms with Crippen LogP contribution in [-0.4, -0.2) is 15.9 Å². The molecule has 0 atom stereocenters. The van der Waals surface area contributed by atoms with E-state index in [0.717, 1.165) is 11.8 Å². The van der Waals surface area contributed by atoms with Crippen LogP contribution in [-0.2, 0) is 6.18 Å². The average Bonchev–Trinajstić information content (AvgIpc) is 2.35. The second-order valence-electron chi connectivity index (χ2n) is 1.81. The molecule has 12 heavy (non-hydrogen) atoms. The molecule has 0 fully saturated rings. The molecule has 0 bridgehead atoms. The van der Waals surface area contributed by atoms with Gasteiger partial charge in [-0.15, -0.1) is 0 Å². The minimum atomic E-state index is -4.54. The van der Waals surface area contributed by atoms with Crippen LogP contribution in [0.25, 0.3) is 0 Å². The van der Waals surface area contributed by atoms with E-state index in [2.05, 4.69) is 14.7 Å². The van der Waals surface area contributed by atoms with Gasteiger partial charge in [0.25, 0.3) is 0 Å². The number of aromatic nitrogens is 2. The fourth-order valence-corrected chi connectivity index (χ4v) is 1.01. The average molecular weight is 198 g/mol. The standard InChI is InChI=1S/C5H5F3N2OS/c1-2-12-4-9-3(11-10-4)5(6,7)8/h2H2,1H3. The van der Waals surface area contributed by atoms with Gasteiger partial charge in [-0.1, -0.05) is 18.7 Å². The van der Waals surface area contributed by atoms with Crippen molar-refractivity contribution in [3.63, 3.8) is 0 Å². The van der Waals surface area contributed by atoms with Crippen molar-refractivity contribution in [3.05, 3.63) is 5.89 Å². The highest BCUT2D eigenvalue weighted by Crippen LogP contribution is 2.28. The van der Waals surface area contributed by atoms with E-state index in [1.54, 1.807) is 6.92 Å². The van der Waals surface area contributed by atoms with Crippen LogP contribution in [0.3, 0.4) is 0 Å². The van der Waals surface area contributed by atoms with Crippen LogP contribution < -0.4 is 0 Å². The number of alkyl halides is 3. The lowest BCUT2D eigenvalue weighted by molar-refractivity contribution is -0.159. The predicted molar refractivity (Wildman–Crippen MR) is 35.7 cm³/mol. The van der Waals surface area contributed by atoms with Gasteiger partial charge >= 0.3 is 12.1 Å². The summed E-state index contributed by atoms with van der Waals surface area (Å²) in [4.78, 5) is 3.13. The van der Waals surface area contributed by atoms with Crippen LogP contribution in [0.2, 0.25) is 0 Å². The number of nitrogens with zero attached hydrogens (tertiary/aromatic N) is 2. The lowest BCUT2D eigenvalue weighted by Gasteiger charge is -1.95. The second kappa shape index (κ2) is 3.34. The molecular weight excluding hydrogens is 193 g/mol. The molecular formula is C5H5F3N2OS. The van der Waals surface area contributed by atoms with Crippen molar-refractivity contribution in [2.24, 2.45) is 0 Å². The molecule has 0 aliphatic rings. The molecule has 3 nitrogen and oxygen atoms in total.